The highest BCUT2D eigenvalue weighted by molar-refractivity contribution is 5.95. The Morgan fingerprint density at radius 1 is 0.947 bits per heavy atom. The van der Waals surface area contributed by atoms with Gasteiger partial charge in [0.05, 0.1) is 6.04 Å². The normalized spacial score (nSPS) is 21.9. The number of rotatable bonds is 2. The molecule has 2 nitrogen and oxygen atoms in total. The van der Waals surface area contributed by atoms with E-state index in [9.17, 15) is 0 Å². The van der Waals surface area contributed by atoms with Crippen molar-refractivity contribution in [2.24, 2.45) is 4.99 Å². The van der Waals surface area contributed by atoms with Crippen molar-refractivity contribution in [2.75, 3.05) is 0 Å². The van der Waals surface area contributed by atoms with Crippen LogP contribution in [-0.4, -0.2) is 11.9 Å². The van der Waals surface area contributed by atoms with Crippen LogP contribution < -0.4 is 0 Å². The Morgan fingerprint density at radius 2 is 1.63 bits per heavy atom. The summed E-state index contributed by atoms with van der Waals surface area (Å²) in [5, 5.41) is 0. The van der Waals surface area contributed by atoms with Crippen molar-refractivity contribution in [3.63, 3.8) is 0 Å². The Bertz CT molecular complexity index is 586. The molecule has 0 N–H and O–H groups in total. The molecule has 0 amide bonds. The van der Waals surface area contributed by atoms with E-state index in [0.29, 0.717) is 0 Å². The van der Waals surface area contributed by atoms with Crippen LogP contribution in [0.2, 0.25) is 0 Å². The molecule has 1 heterocycles. The minimum atomic E-state index is 0.0239. The lowest BCUT2D eigenvalue weighted by molar-refractivity contribution is 0.202. The van der Waals surface area contributed by atoms with Crippen LogP contribution in [-0.2, 0) is 4.74 Å². The van der Waals surface area contributed by atoms with Gasteiger partial charge >= 0.3 is 0 Å². The Balaban J connectivity index is 1.84. The predicted molar refractivity (Wildman–Crippen MR) is 77.4 cm³/mol. The molecule has 2 unspecified atom stereocenters. The SMILES string of the molecule is Cc1ccc(C2OC(c3ccccc3)=NC2C)cc1. The maximum absolute atomic E-state index is 6.04. The van der Waals surface area contributed by atoms with Gasteiger partial charge in [0, 0.05) is 5.56 Å². The molecule has 0 radical (unpaired) electrons. The molecular formula is C17H17NO. The molecule has 19 heavy (non-hydrogen) atoms. The van der Waals surface area contributed by atoms with Gasteiger partial charge in [-0.15, -0.1) is 0 Å². The lowest BCUT2D eigenvalue weighted by Crippen LogP contribution is -2.11. The molecule has 1 aliphatic rings. The van der Waals surface area contributed by atoms with Crippen molar-refractivity contribution in [3.05, 3.63) is 71.3 Å². The van der Waals surface area contributed by atoms with Crippen molar-refractivity contribution < 1.29 is 4.74 Å². The second-order valence-electron chi connectivity index (χ2n) is 4.99. The third kappa shape index (κ3) is 2.39. The number of aryl methyl sites for hydroxylation is 1. The largest absolute Gasteiger partial charge is 0.467 e. The summed E-state index contributed by atoms with van der Waals surface area (Å²) in [6.45, 7) is 4.19. The first kappa shape index (κ1) is 12.0. The zero-order valence-electron chi connectivity index (χ0n) is 11.2. The van der Waals surface area contributed by atoms with Crippen LogP contribution in [0.3, 0.4) is 0 Å². The first-order valence-electron chi connectivity index (χ1n) is 6.60. The molecule has 0 saturated heterocycles. The minimum absolute atomic E-state index is 0.0239. The minimum Gasteiger partial charge on any atom is -0.467 e. The highest BCUT2D eigenvalue weighted by Crippen LogP contribution is 2.30. The zero-order valence-corrected chi connectivity index (χ0v) is 11.2. The quantitative estimate of drug-likeness (QED) is 0.793. The standard InChI is InChI=1S/C17H17NO/c1-12-8-10-14(11-9-12)16-13(2)18-17(19-16)15-6-4-3-5-7-15/h3-11,13,16H,1-2H3. The molecule has 2 heteroatoms. The van der Waals surface area contributed by atoms with Crippen LogP contribution in [0.1, 0.15) is 29.7 Å². The first-order chi connectivity index (χ1) is 9.24. The summed E-state index contributed by atoms with van der Waals surface area (Å²) in [6.07, 6.45) is 0.0239. The molecule has 0 saturated carbocycles. The van der Waals surface area contributed by atoms with Gasteiger partial charge < -0.3 is 4.74 Å². The van der Waals surface area contributed by atoms with Gasteiger partial charge in [0.2, 0.25) is 5.90 Å². The highest BCUT2D eigenvalue weighted by Gasteiger charge is 2.29. The van der Waals surface area contributed by atoms with E-state index in [4.69, 9.17) is 4.74 Å². The zero-order chi connectivity index (χ0) is 13.2. The molecule has 2 aromatic rings. The number of ether oxygens (including phenoxy) is 1. The summed E-state index contributed by atoms with van der Waals surface area (Å²) in [5.41, 5.74) is 3.50. The molecule has 0 aliphatic carbocycles. The molecule has 2 atom stereocenters. The number of benzene rings is 2. The summed E-state index contributed by atoms with van der Waals surface area (Å²) in [7, 11) is 0. The first-order valence-corrected chi connectivity index (χ1v) is 6.60. The van der Waals surface area contributed by atoms with Crippen molar-refractivity contribution in [1.29, 1.82) is 0 Å². The Labute approximate surface area is 113 Å². The smallest absolute Gasteiger partial charge is 0.217 e. The van der Waals surface area contributed by atoms with Crippen molar-refractivity contribution in [1.82, 2.24) is 0 Å². The fourth-order valence-electron chi connectivity index (χ4n) is 2.33. The molecule has 3 rings (SSSR count). The fraction of sp³-hybridized carbons (Fsp3) is 0.235. The molecule has 0 aromatic heterocycles. The average Bonchev–Trinajstić information content (AvgIpc) is 2.83. The van der Waals surface area contributed by atoms with E-state index in [1.807, 2.05) is 30.3 Å². The second kappa shape index (κ2) is 4.88. The van der Waals surface area contributed by atoms with Gasteiger partial charge in [-0.3, -0.25) is 0 Å². The molecule has 1 aliphatic heterocycles. The summed E-state index contributed by atoms with van der Waals surface area (Å²) in [6, 6.07) is 18.7. The van der Waals surface area contributed by atoms with Gasteiger partial charge in [-0.2, -0.15) is 0 Å². The van der Waals surface area contributed by atoms with E-state index < -0.39 is 0 Å². The molecular weight excluding hydrogens is 234 g/mol. The highest BCUT2D eigenvalue weighted by atomic mass is 16.5. The van der Waals surface area contributed by atoms with Crippen LogP contribution in [0, 0.1) is 6.92 Å². The summed E-state index contributed by atoms with van der Waals surface area (Å²) in [5.74, 6) is 0.749. The van der Waals surface area contributed by atoms with Gasteiger partial charge in [0.25, 0.3) is 0 Å². The number of aliphatic imine (C=N–C) groups is 1. The number of nitrogens with zero attached hydrogens (tertiary/aromatic N) is 1. The summed E-state index contributed by atoms with van der Waals surface area (Å²) in [4.78, 5) is 4.63. The maximum Gasteiger partial charge on any atom is 0.217 e. The molecule has 0 bridgehead atoms. The van der Waals surface area contributed by atoms with Gasteiger partial charge in [0.15, 0.2) is 0 Å². The van der Waals surface area contributed by atoms with Crippen LogP contribution in [0.15, 0.2) is 59.6 Å². The van der Waals surface area contributed by atoms with Crippen LogP contribution in [0.5, 0.6) is 0 Å². The van der Waals surface area contributed by atoms with Crippen LogP contribution in [0.25, 0.3) is 0 Å². The monoisotopic (exact) mass is 251 g/mol. The molecule has 0 fully saturated rings. The van der Waals surface area contributed by atoms with Gasteiger partial charge in [-0.05, 0) is 31.5 Å². The van der Waals surface area contributed by atoms with Gasteiger partial charge in [-0.25, -0.2) is 4.99 Å². The van der Waals surface area contributed by atoms with E-state index in [-0.39, 0.29) is 12.1 Å². The lowest BCUT2D eigenvalue weighted by Gasteiger charge is -2.15. The van der Waals surface area contributed by atoms with E-state index in [1.165, 1.54) is 11.1 Å². The molecule has 0 spiro atoms. The molecule has 96 valence electrons. The van der Waals surface area contributed by atoms with E-state index in [1.54, 1.807) is 0 Å². The van der Waals surface area contributed by atoms with Crippen LogP contribution >= 0.6 is 0 Å². The summed E-state index contributed by atoms with van der Waals surface area (Å²) >= 11 is 0. The maximum atomic E-state index is 6.04. The van der Waals surface area contributed by atoms with Crippen LogP contribution in [0.4, 0.5) is 0 Å². The van der Waals surface area contributed by atoms with Gasteiger partial charge in [-0.1, -0.05) is 48.0 Å². The third-order valence-electron chi connectivity index (χ3n) is 3.42. The summed E-state index contributed by atoms with van der Waals surface area (Å²) < 4.78 is 6.04. The third-order valence-corrected chi connectivity index (χ3v) is 3.42. The Hall–Kier alpha value is -2.09. The number of hydrogen-bond acceptors (Lipinski definition) is 2. The Morgan fingerprint density at radius 3 is 2.32 bits per heavy atom. The van der Waals surface area contributed by atoms with E-state index in [2.05, 4.69) is 43.1 Å². The molecule has 2 aromatic carbocycles. The average molecular weight is 251 g/mol. The fourth-order valence-corrected chi connectivity index (χ4v) is 2.33. The van der Waals surface area contributed by atoms with Crippen molar-refractivity contribution >= 4 is 5.90 Å². The van der Waals surface area contributed by atoms with Crippen molar-refractivity contribution in [2.45, 2.75) is 26.0 Å². The van der Waals surface area contributed by atoms with E-state index in [0.717, 1.165) is 11.5 Å². The van der Waals surface area contributed by atoms with Crippen molar-refractivity contribution in [3.8, 4) is 0 Å². The van der Waals surface area contributed by atoms with E-state index >= 15 is 0 Å². The predicted octanol–water partition coefficient (Wildman–Crippen LogP) is 3.90. The lowest BCUT2D eigenvalue weighted by atomic mass is 10.0. The number of hydrogen-bond donors (Lipinski definition) is 0. The second-order valence-corrected chi connectivity index (χ2v) is 4.99. The Kier molecular flexibility index (Phi) is 3.08. The van der Waals surface area contributed by atoms with Gasteiger partial charge in [0.1, 0.15) is 6.10 Å². The topological polar surface area (TPSA) is 21.6 Å².